The van der Waals surface area contributed by atoms with Crippen molar-refractivity contribution in [1.82, 2.24) is 9.21 Å². The van der Waals surface area contributed by atoms with Crippen molar-refractivity contribution in [3.8, 4) is 0 Å². The lowest BCUT2D eigenvalue weighted by atomic mass is 10.1. The second-order valence-corrected chi connectivity index (χ2v) is 8.32. The summed E-state index contributed by atoms with van der Waals surface area (Å²) in [5.74, 6) is -1.68. The molecule has 2 rings (SSSR count). The molecule has 26 heavy (non-hydrogen) atoms. The fourth-order valence-corrected chi connectivity index (χ4v) is 4.71. The summed E-state index contributed by atoms with van der Waals surface area (Å²) < 4.78 is 65.4. The Morgan fingerprint density at radius 1 is 1.27 bits per heavy atom. The van der Waals surface area contributed by atoms with E-state index in [1.165, 1.54) is 22.5 Å². The van der Waals surface area contributed by atoms with Crippen LogP contribution in [0, 0.1) is 0 Å². The maximum Gasteiger partial charge on any atom is 0.416 e. The minimum Gasteiger partial charge on any atom is -0.480 e. The molecule has 1 saturated heterocycles. The topological polar surface area (TPSA) is 77.9 Å². The molecule has 6 nitrogen and oxygen atoms in total. The number of piperidine rings is 1. The molecule has 1 fully saturated rings. The first-order valence-electron chi connectivity index (χ1n) is 8.05. The Hall–Kier alpha value is -1.65. The second-order valence-electron chi connectivity index (χ2n) is 6.35. The summed E-state index contributed by atoms with van der Waals surface area (Å²) >= 11 is 0. The quantitative estimate of drug-likeness (QED) is 0.799. The van der Waals surface area contributed by atoms with Crippen LogP contribution in [0.4, 0.5) is 13.2 Å². The van der Waals surface area contributed by atoms with Crippen molar-refractivity contribution in [3.05, 3.63) is 35.4 Å². The molecule has 0 bridgehead atoms. The highest BCUT2D eigenvalue weighted by atomic mass is 32.2. The Balaban J connectivity index is 2.06. The molecule has 0 unspecified atom stereocenters. The molecule has 10 heteroatoms. The Bertz CT molecular complexity index is 744. The Labute approximate surface area is 150 Å². The van der Waals surface area contributed by atoms with Gasteiger partial charge in [0.2, 0.25) is 10.0 Å². The predicted molar refractivity (Wildman–Crippen MR) is 88.9 cm³/mol. The molecule has 1 aliphatic heterocycles. The van der Waals surface area contributed by atoms with Crippen LogP contribution < -0.4 is 0 Å². The molecule has 0 amide bonds. The first-order chi connectivity index (χ1) is 12.0. The molecule has 0 aromatic heterocycles. The molecular weight excluding hydrogens is 373 g/mol. The van der Waals surface area contributed by atoms with Crippen LogP contribution in [-0.2, 0) is 26.7 Å². The lowest BCUT2D eigenvalue weighted by molar-refractivity contribution is -0.139. The van der Waals surface area contributed by atoms with E-state index >= 15 is 0 Å². The second kappa shape index (κ2) is 7.93. The number of likely N-dealkylation sites (N-methyl/N-ethyl adjacent to an activating group) is 1. The molecule has 146 valence electrons. The summed E-state index contributed by atoms with van der Waals surface area (Å²) in [5.41, 5.74) is -1.22. The number of carboxylic acid groups (broad SMARTS) is 1. The lowest BCUT2D eigenvalue weighted by Gasteiger charge is -2.35. The number of halogens is 3. The standard InChI is InChI=1S/C16H21F3N2O4S/c1-20(10-15(22)23)13-6-8-21(9-7-13)26(24,25)11-12-4-2-3-5-14(12)16(17,18)19/h2-5,13H,6-11H2,1H3,(H,22,23). The van der Waals surface area contributed by atoms with Gasteiger partial charge in [0.25, 0.3) is 0 Å². The van der Waals surface area contributed by atoms with Gasteiger partial charge in [-0.3, -0.25) is 9.69 Å². The minimum atomic E-state index is -4.61. The molecule has 1 aromatic rings. The maximum absolute atomic E-state index is 13.0. The highest BCUT2D eigenvalue weighted by molar-refractivity contribution is 7.88. The third-order valence-corrected chi connectivity index (χ3v) is 6.31. The van der Waals surface area contributed by atoms with Crippen LogP contribution in [0.5, 0.6) is 0 Å². The van der Waals surface area contributed by atoms with Crippen LogP contribution in [0.15, 0.2) is 24.3 Å². The molecule has 0 aliphatic carbocycles. The van der Waals surface area contributed by atoms with E-state index in [0.29, 0.717) is 12.8 Å². The number of aliphatic carboxylic acids is 1. The molecular formula is C16H21F3N2O4S. The average molecular weight is 394 g/mol. The smallest absolute Gasteiger partial charge is 0.416 e. The summed E-state index contributed by atoms with van der Waals surface area (Å²) in [6.07, 6.45) is -3.74. The monoisotopic (exact) mass is 394 g/mol. The van der Waals surface area contributed by atoms with Crippen LogP contribution in [0.3, 0.4) is 0 Å². The van der Waals surface area contributed by atoms with Gasteiger partial charge in [-0.15, -0.1) is 0 Å². The van der Waals surface area contributed by atoms with Crippen molar-refractivity contribution in [2.24, 2.45) is 0 Å². The fourth-order valence-electron chi connectivity index (χ4n) is 3.11. The lowest BCUT2D eigenvalue weighted by Crippen LogP contribution is -2.47. The SMILES string of the molecule is CN(CC(=O)O)C1CCN(S(=O)(=O)Cc2ccccc2C(F)(F)F)CC1. The van der Waals surface area contributed by atoms with Gasteiger partial charge in [-0.05, 0) is 31.5 Å². The number of carbonyl (C=O) groups is 1. The van der Waals surface area contributed by atoms with Gasteiger partial charge in [0.05, 0.1) is 17.9 Å². The van der Waals surface area contributed by atoms with Gasteiger partial charge in [0, 0.05) is 19.1 Å². The normalized spacial score (nSPS) is 17.6. The van der Waals surface area contributed by atoms with Crippen LogP contribution in [0.25, 0.3) is 0 Å². The molecule has 1 aliphatic rings. The number of benzene rings is 1. The van der Waals surface area contributed by atoms with Crippen molar-refractivity contribution in [2.75, 3.05) is 26.7 Å². The largest absolute Gasteiger partial charge is 0.480 e. The molecule has 0 spiro atoms. The van der Waals surface area contributed by atoms with E-state index < -0.39 is 33.5 Å². The zero-order chi connectivity index (χ0) is 19.5. The zero-order valence-electron chi connectivity index (χ0n) is 14.2. The van der Waals surface area contributed by atoms with Crippen molar-refractivity contribution in [3.63, 3.8) is 0 Å². The first-order valence-corrected chi connectivity index (χ1v) is 9.66. The molecule has 0 saturated carbocycles. The minimum absolute atomic E-state index is 0.0694. The van der Waals surface area contributed by atoms with Crippen molar-refractivity contribution >= 4 is 16.0 Å². The van der Waals surface area contributed by atoms with E-state index in [0.717, 1.165) is 6.07 Å². The van der Waals surface area contributed by atoms with Crippen LogP contribution in [0.2, 0.25) is 0 Å². The zero-order valence-corrected chi connectivity index (χ0v) is 15.1. The first kappa shape index (κ1) is 20.7. The predicted octanol–water partition coefficient (Wildman–Crippen LogP) is 2.02. The van der Waals surface area contributed by atoms with Crippen LogP contribution in [0.1, 0.15) is 24.0 Å². The Kier molecular flexibility index (Phi) is 6.30. The van der Waals surface area contributed by atoms with Crippen LogP contribution >= 0.6 is 0 Å². The number of carboxylic acids is 1. The third-order valence-electron chi connectivity index (χ3n) is 4.49. The fraction of sp³-hybridized carbons (Fsp3) is 0.562. The van der Waals surface area contributed by atoms with Gasteiger partial charge in [-0.2, -0.15) is 13.2 Å². The van der Waals surface area contributed by atoms with Gasteiger partial charge in [-0.1, -0.05) is 18.2 Å². The number of alkyl halides is 3. The van der Waals surface area contributed by atoms with E-state index in [2.05, 4.69) is 0 Å². The summed E-state index contributed by atoms with van der Waals surface area (Å²) in [6, 6.07) is 4.58. The van der Waals surface area contributed by atoms with E-state index in [-0.39, 0.29) is 31.2 Å². The maximum atomic E-state index is 13.0. The van der Waals surface area contributed by atoms with Gasteiger partial charge >= 0.3 is 12.1 Å². The molecule has 1 N–H and O–H groups in total. The number of hydrogen-bond acceptors (Lipinski definition) is 4. The number of rotatable bonds is 6. The highest BCUT2D eigenvalue weighted by Gasteiger charge is 2.36. The summed E-state index contributed by atoms with van der Waals surface area (Å²) in [7, 11) is -2.24. The van der Waals surface area contributed by atoms with E-state index in [4.69, 9.17) is 5.11 Å². The Morgan fingerprint density at radius 3 is 2.38 bits per heavy atom. The molecule has 1 heterocycles. The average Bonchev–Trinajstić information content (AvgIpc) is 2.53. The summed E-state index contributed by atoms with van der Waals surface area (Å²) in [6.45, 7) is 0.173. The van der Waals surface area contributed by atoms with Crippen molar-refractivity contribution < 1.29 is 31.5 Å². The van der Waals surface area contributed by atoms with Crippen molar-refractivity contribution in [1.29, 1.82) is 0 Å². The number of nitrogens with zero attached hydrogens (tertiary/aromatic N) is 2. The van der Waals surface area contributed by atoms with Gasteiger partial charge in [0.1, 0.15) is 0 Å². The van der Waals surface area contributed by atoms with Gasteiger partial charge < -0.3 is 5.11 Å². The van der Waals surface area contributed by atoms with E-state index in [9.17, 15) is 26.4 Å². The van der Waals surface area contributed by atoms with Gasteiger partial charge in [0.15, 0.2) is 0 Å². The Morgan fingerprint density at radius 2 is 1.85 bits per heavy atom. The van der Waals surface area contributed by atoms with Crippen LogP contribution in [-0.4, -0.2) is 61.4 Å². The molecule has 1 aromatic carbocycles. The van der Waals surface area contributed by atoms with E-state index in [1.807, 2.05) is 0 Å². The summed E-state index contributed by atoms with van der Waals surface area (Å²) in [4.78, 5) is 12.4. The summed E-state index contributed by atoms with van der Waals surface area (Å²) in [5, 5.41) is 8.81. The molecule has 0 atom stereocenters. The highest BCUT2D eigenvalue weighted by Crippen LogP contribution is 2.33. The number of hydrogen-bond donors (Lipinski definition) is 1. The van der Waals surface area contributed by atoms with E-state index in [1.54, 1.807) is 11.9 Å². The van der Waals surface area contributed by atoms with Gasteiger partial charge in [-0.25, -0.2) is 12.7 Å². The number of sulfonamides is 1. The molecule has 0 radical (unpaired) electrons. The van der Waals surface area contributed by atoms with Crippen molar-refractivity contribution in [2.45, 2.75) is 30.8 Å². The third kappa shape index (κ3) is 5.18.